The molecule has 2 fully saturated rings. The fraction of sp³-hybridized carbons (Fsp3) is 0.824. The van der Waals surface area contributed by atoms with Crippen molar-refractivity contribution >= 4 is 16.0 Å². The lowest BCUT2D eigenvalue weighted by Gasteiger charge is -2.44. The summed E-state index contributed by atoms with van der Waals surface area (Å²) in [5, 5.41) is 0. The Morgan fingerprint density at radius 3 is 2.52 bits per heavy atom. The molecule has 1 heterocycles. The molecule has 0 bridgehead atoms. The third-order valence-corrected chi connectivity index (χ3v) is 7.06. The second-order valence-electron chi connectivity index (χ2n) is 7.67. The van der Waals surface area contributed by atoms with Crippen LogP contribution in [0.15, 0.2) is 12.4 Å². The van der Waals surface area contributed by atoms with E-state index in [1.807, 2.05) is 4.90 Å². The number of amides is 1. The normalized spacial score (nSPS) is 32.7. The molecule has 0 spiro atoms. The molecule has 1 amide bonds. The van der Waals surface area contributed by atoms with Gasteiger partial charge < -0.3 is 15.5 Å². The van der Waals surface area contributed by atoms with Crippen LogP contribution in [0.5, 0.6) is 0 Å². The van der Waals surface area contributed by atoms with Crippen molar-refractivity contribution < 1.29 is 17.8 Å². The van der Waals surface area contributed by atoms with Crippen LogP contribution >= 0.6 is 0 Å². The first kappa shape index (κ1) is 18.5. The van der Waals surface area contributed by atoms with Crippen LogP contribution in [0, 0.1) is 11.8 Å². The van der Waals surface area contributed by atoms with Crippen LogP contribution < -0.4 is 5.73 Å². The largest absolute Gasteiger partial charge is 0.370 e. The molecule has 7 nitrogen and oxygen atoms in total. The fourth-order valence-corrected chi connectivity index (χ4v) is 5.92. The molecule has 8 heteroatoms. The number of nitrogens with two attached hydrogens (primary N) is 1. The third kappa shape index (κ3) is 4.28. The molecule has 4 atom stereocenters. The number of fused-ring (bicyclic) bond motifs is 1. The van der Waals surface area contributed by atoms with E-state index in [0.29, 0.717) is 18.9 Å². The van der Waals surface area contributed by atoms with Crippen molar-refractivity contribution in [1.82, 2.24) is 9.80 Å². The number of carbonyl (C=O) groups excluding carboxylic acids is 1. The maximum atomic E-state index is 12.0. The summed E-state index contributed by atoms with van der Waals surface area (Å²) in [5.41, 5.74) is 4.07. The van der Waals surface area contributed by atoms with Crippen LogP contribution in [0.2, 0.25) is 0 Å². The van der Waals surface area contributed by atoms with E-state index in [4.69, 9.17) is 5.73 Å². The van der Waals surface area contributed by atoms with Crippen molar-refractivity contribution in [1.29, 1.82) is 0 Å². The minimum Gasteiger partial charge on any atom is -0.370 e. The monoisotopic (exact) mass is 371 g/mol. The Balaban J connectivity index is 1.68. The van der Waals surface area contributed by atoms with Gasteiger partial charge in [0.15, 0.2) is 0 Å². The van der Waals surface area contributed by atoms with Gasteiger partial charge in [0.2, 0.25) is 11.4 Å². The van der Waals surface area contributed by atoms with Crippen LogP contribution in [0.4, 0.5) is 0 Å². The lowest BCUT2D eigenvalue weighted by atomic mass is 9.69. The Kier molecular flexibility index (Phi) is 5.58. The molecule has 1 aliphatic heterocycles. The fourth-order valence-electron chi connectivity index (χ4n) is 4.85. The minimum atomic E-state index is -4.26. The van der Waals surface area contributed by atoms with Crippen LogP contribution in [0.3, 0.4) is 0 Å². The Morgan fingerprint density at radius 1 is 1.12 bits per heavy atom. The highest BCUT2D eigenvalue weighted by Crippen LogP contribution is 2.43. The molecule has 0 radical (unpaired) electrons. The topological polar surface area (TPSA) is 104 Å². The summed E-state index contributed by atoms with van der Waals surface area (Å²) >= 11 is 0. The number of hydrogen-bond donors (Lipinski definition) is 2. The van der Waals surface area contributed by atoms with E-state index in [1.165, 1.54) is 25.7 Å². The lowest BCUT2D eigenvalue weighted by Crippen LogP contribution is -2.50. The van der Waals surface area contributed by atoms with E-state index in [-0.39, 0.29) is 12.5 Å². The van der Waals surface area contributed by atoms with Crippen molar-refractivity contribution in [3.8, 4) is 0 Å². The second-order valence-corrected chi connectivity index (χ2v) is 9.12. The Hall–Kier alpha value is -1.28. The molecule has 3 N–H and O–H groups in total. The first-order chi connectivity index (χ1) is 11.9. The number of nitrogens with zero attached hydrogens (tertiary/aromatic N) is 2. The number of primary amides is 1. The standard InChI is InChI=1S/C17H29N3O4S/c18-16(21)6-3-9-19-10-11-20(17(19)25(22,23)24)15-8-7-13-4-1-2-5-14(13)12-15/h10-11,13-15,17H,1-9,12H2,(H2,18,21)(H,22,23,24). The van der Waals surface area contributed by atoms with Gasteiger partial charge in [0, 0.05) is 31.4 Å². The van der Waals surface area contributed by atoms with Gasteiger partial charge in [-0.25, -0.2) is 0 Å². The highest BCUT2D eigenvalue weighted by molar-refractivity contribution is 7.86. The third-order valence-electron chi connectivity index (χ3n) is 6.01. The van der Waals surface area contributed by atoms with E-state index in [0.717, 1.165) is 25.2 Å². The zero-order chi connectivity index (χ0) is 18.0. The van der Waals surface area contributed by atoms with Gasteiger partial charge in [0.1, 0.15) is 0 Å². The zero-order valence-corrected chi connectivity index (χ0v) is 15.4. The first-order valence-electron chi connectivity index (χ1n) is 9.32. The maximum Gasteiger partial charge on any atom is 0.306 e. The highest BCUT2D eigenvalue weighted by atomic mass is 32.2. The second kappa shape index (κ2) is 7.53. The van der Waals surface area contributed by atoms with Gasteiger partial charge in [0.25, 0.3) is 0 Å². The molecular formula is C17H29N3O4S. The van der Waals surface area contributed by atoms with E-state index in [1.54, 1.807) is 17.3 Å². The van der Waals surface area contributed by atoms with Crippen LogP contribution in [0.25, 0.3) is 0 Å². The van der Waals surface area contributed by atoms with Crippen molar-refractivity contribution in [2.24, 2.45) is 17.6 Å². The van der Waals surface area contributed by atoms with Crippen molar-refractivity contribution in [2.45, 2.75) is 69.3 Å². The molecule has 3 aliphatic rings. The van der Waals surface area contributed by atoms with Gasteiger partial charge in [-0.1, -0.05) is 25.7 Å². The Bertz CT molecular complexity index is 621. The molecule has 2 saturated carbocycles. The molecule has 3 rings (SSSR count). The quantitative estimate of drug-likeness (QED) is 0.691. The summed E-state index contributed by atoms with van der Waals surface area (Å²) in [6, 6.07) is 0.142. The predicted octanol–water partition coefficient (Wildman–Crippen LogP) is 1.87. The molecule has 0 saturated heterocycles. The molecule has 2 aliphatic carbocycles. The summed E-state index contributed by atoms with van der Waals surface area (Å²) in [7, 11) is -4.26. The summed E-state index contributed by atoms with van der Waals surface area (Å²) in [6.07, 6.45) is 12.4. The average Bonchev–Trinajstić information content (AvgIpc) is 2.98. The summed E-state index contributed by atoms with van der Waals surface area (Å²) in [4.78, 5) is 14.3. The molecule has 0 aromatic rings. The van der Waals surface area contributed by atoms with Gasteiger partial charge in [-0.2, -0.15) is 8.42 Å². The van der Waals surface area contributed by atoms with Gasteiger partial charge in [0.05, 0.1) is 0 Å². The number of carbonyl (C=O) groups is 1. The maximum absolute atomic E-state index is 12.0. The molecule has 4 unspecified atom stereocenters. The zero-order valence-electron chi connectivity index (χ0n) is 14.6. The number of hydrogen-bond acceptors (Lipinski definition) is 5. The Morgan fingerprint density at radius 2 is 1.84 bits per heavy atom. The van der Waals surface area contributed by atoms with Gasteiger partial charge in [-0.05, 0) is 37.5 Å². The van der Waals surface area contributed by atoms with E-state index < -0.39 is 21.5 Å². The van der Waals surface area contributed by atoms with E-state index in [9.17, 15) is 17.8 Å². The van der Waals surface area contributed by atoms with E-state index in [2.05, 4.69) is 0 Å². The van der Waals surface area contributed by atoms with Gasteiger partial charge in [-0.3, -0.25) is 9.35 Å². The predicted molar refractivity (Wildman–Crippen MR) is 94.5 cm³/mol. The number of rotatable bonds is 6. The van der Waals surface area contributed by atoms with Crippen LogP contribution in [0.1, 0.15) is 57.8 Å². The Labute approximate surface area is 150 Å². The van der Waals surface area contributed by atoms with E-state index >= 15 is 0 Å². The average molecular weight is 372 g/mol. The van der Waals surface area contributed by atoms with Crippen LogP contribution in [-0.4, -0.2) is 46.8 Å². The van der Waals surface area contributed by atoms with Crippen LogP contribution in [-0.2, 0) is 14.9 Å². The van der Waals surface area contributed by atoms with Crippen molar-refractivity contribution in [3.05, 3.63) is 12.4 Å². The smallest absolute Gasteiger partial charge is 0.306 e. The molecule has 142 valence electrons. The first-order valence-corrected chi connectivity index (χ1v) is 10.8. The highest BCUT2D eigenvalue weighted by Gasteiger charge is 2.43. The van der Waals surface area contributed by atoms with Crippen molar-refractivity contribution in [3.63, 3.8) is 0 Å². The SMILES string of the molecule is NC(=O)CCCN1C=CN(C2CCC3CCCCC3C2)C1S(=O)(=O)O. The lowest BCUT2D eigenvalue weighted by molar-refractivity contribution is -0.118. The van der Waals surface area contributed by atoms with Gasteiger partial charge >= 0.3 is 10.1 Å². The van der Waals surface area contributed by atoms with Gasteiger partial charge in [-0.15, -0.1) is 0 Å². The molecule has 25 heavy (non-hydrogen) atoms. The van der Waals surface area contributed by atoms with Crippen molar-refractivity contribution in [2.75, 3.05) is 6.54 Å². The molecule has 0 aromatic carbocycles. The summed E-state index contributed by atoms with van der Waals surface area (Å²) in [5.74, 6) is 1.05. The minimum absolute atomic E-state index is 0.142. The summed E-state index contributed by atoms with van der Waals surface area (Å²) in [6.45, 7) is 0.374. The summed E-state index contributed by atoms with van der Waals surface area (Å²) < 4.78 is 33.8. The molecular weight excluding hydrogens is 342 g/mol. The molecule has 0 aromatic heterocycles.